The molecule has 0 fully saturated rings. The first-order chi connectivity index (χ1) is 11.5. The van der Waals surface area contributed by atoms with Gasteiger partial charge in [-0.25, -0.2) is 0 Å². The molecule has 24 heavy (non-hydrogen) atoms. The van der Waals surface area contributed by atoms with Crippen LogP contribution in [0.15, 0.2) is 30.3 Å². The van der Waals surface area contributed by atoms with Crippen molar-refractivity contribution in [3.63, 3.8) is 0 Å². The molecule has 1 unspecified atom stereocenters. The number of hydrogen-bond acceptors (Lipinski definition) is 3. The summed E-state index contributed by atoms with van der Waals surface area (Å²) in [6.45, 7) is 8.00. The molecule has 0 aliphatic rings. The predicted molar refractivity (Wildman–Crippen MR) is 103 cm³/mol. The van der Waals surface area contributed by atoms with Crippen molar-refractivity contribution in [1.82, 2.24) is 0 Å². The van der Waals surface area contributed by atoms with E-state index in [-0.39, 0.29) is 5.97 Å². The van der Waals surface area contributed by atoms with Crippen LogP contribution in [0.25, 0.3) is 0 Å². The van der Waals surface area contributed by atoms with Gasteiger partial charge in [0.2, 0.25) is 8.32 Å². The number of carbonyl (C=O) groups excluding carboxylic acids is 1. The highest BCUT2D eigenvalue weighted by molar-refractivity contribution is 6.84. The summed E-state index contributed by atoms with van der Waals surface area (Å²) in [5.41, 5.74) is 0. The van der Waals surface area contributed by atoms with Gasteiger partial charge in [0.25, 0.3) is 0 Å². The van der Waals surface area contributed by atoms with Gasteiger partial charge in [0.05, 0.1) is 0 Å². The molecule has 0 amide bonds. The van der Waals surface area contributed by atoms with E-state index in [1.54, 1.807) is 0 Å². The number of unbranched alkanes of at least 4 members (excludes halogenated alkanes) is 6. The summed E-state index contributed by atoms with van der Waals surface area (Å²) in [5.74, 6) is -0.263. The number of rotatable bonds is 12. The molecule has 1 rings (SSSR count). The molecule has 136 valence electrons. The molecule has 0 radical (unpaired) electrons. The van der Waals surface area contributed by atoms with Crippen molar-refractivity contribution >= 4 is 19.5 Å². The third-order valence-electron chi connectivity index (χ3n) is 4.24. The van der Waals surface area contributed by atoms with Gasteiger partial charge in [0, 0.05) is 13.3 Å². The van der Waals surface area contributed by atoms with Gasteiger partial charge in [-0.2, -0.15) is 0 Å². The number of hydrogen-bond donors (Lipinski definition) is 0. The largest absolute Gasteiger partial charge is 0.437 e. The minimum atomic E-state index is -2.07. The first kappa shape index (κ1) is 20.9. The van der Waals surface area contributed by atoms with Gasteiger partial charge in [0.1, 0.15) is 0 Å². The second-order valence-corrected chi connectivity index (χ2v) is 10.8. The fourth-order valence-corrected chi connectivity index (χ4v) is 4.79. The molecule has 1 aromatic carbocycles. The molecule has 0 heterocycles. The van der Waals surface area contributed by atoms with Crippen LogP contribution >= 0.6 is 0 Å². The lowest BCUT2D eigenvalue weighted by Gasteiger charge is -2.29. The Labute approximate surface area is 148 Å². The molecule has 0 saturated carbocycles. The van der Waals surface area contributed by atoms with Crippen molar-refractivity contribution in [2.75, 3.05) is 0 Å². The molecular weight excluding hydrogens is 316 g/mol. The van der Waals surface area contributed by atoms with Crippen LogP contribution in [-0.2, 0) is 14.0 Å². The number of ether oxygens (including phenoxy) is 1. The molecule has 1 aromatic rings. The van der Waals surface area contributed by atoms with E-state index in [0.29, 0.717) is 0 Å². The zero-order valence-corrected chi connectivity index (χ0v) is 16.8. The first-order valence-electron chi connectivity index (χ1n) is 9.36. The lowest BCUT2D eigenvalue weighted by Crippen LogP contribution is -2.48. The normalized spacial score (nSPS) is 12.8. The smallest absolute Gasteiger partial charge is 0.304 e. The van der Waals surface area contributed by atoms with E-state index in [4.69, 9.17) is 9.16 Å². The second kappa shape index (κ2) is 11.4. The van der Waals surface area contributed by atoms with Gasteiger partial charge in [-0.1, -0.05) is 75.8 Å². The Hall–Kier alpha value is -1.13. The van der Waals surface area contributed by atoms with Crippen LogP contribution in [0.4, 0.5) is 0 Å². The zero-order valence-electron chi connectivity index (χ0n) is 15.8. The van der Waals surface area contributed by atoms with Crippen LogP contribution in [0.2, 0.25) is 13.1 Å². The Morgan fingerprint density at radius 1 is 1.00 bits per heavy atom. The van der Waals surface area contributed by atoms with Gasteiger partial charge in [-0.15, -0.1) is 0 Å². The highest BCUT2D eigenvalue weighted by Gasteiger charge is 2.30. The van der Waals surface area contributed by atoms with E-state index in [1.807, 2.05) is 18.2 Å². The average molecular weight is 351 g/mol. The van der Waals surface area contributed by atoms with Crippen molar-refractivity contribution in [2.45, 2.75) is 84.6 Å². The molecule has 0 N–H and O–H groups in total. The number of carbonyl (C=O) groups is 1. The molecule has 0 spiro atoms. The Kier molecular flexibility index (Phi) is 9.96. The maximum Gasteiger partial charge on any atom is 0.304 e. The van der Waals surface area contributed by atoms with Crippen molar-refractivity contribution in [2.24, 2.45) is 0 Å². The van der Waals surface area contributed by atoms with Crippen LogP contribution in [0, 0.1) is 0 Å². The minimum absolute atomic E-state index is 0.263. The molecule has 0 aliphatic carbocycles. The van der Waals surface area contributed by atoms with Crippen molar-refractivity contribution in [3.05, 3.63) is 30.3 Å². The van der Waals surface area contributed by atoms with Gasteiger partial charge in [-0.3, -0.25) is 4.79 Å². The molecule has 3 nitrogen and oxygen atoms in total. The van der Waals surface area contributed by atoms with E-state index >= 15 is 0 Å². The van der Waals surface area contributed by atoms with E-state index < -0.39 is 14.6 Å². The van der Waals surface area contributed by atoms with Crippen LogP contribution in [0.5, 0.6) is 0 Å². The quantitative estimate of drug-likeness (QED) is 0.226. The van der Waals surface area contributed by atoms with E-state index in [1.165, 1.54) is 50.6 Å². The van der Waals surface area contributed by atoms with Crippen molar-refractivity contribution in [1.29, 1.82) is 0 Å². The SMILES string of the molecule is CCCCCCCCCC(OC(C)=O)O[Si](C)(C)c1ccccc1. The average Bonchev–Trinajstić information content (AvgIpc) is 2.54. The number of benzene rings is 1. The molecular formula is C20H34O3Si. The van der Waals surface area contributed by atoms with E-state index in [2.05, 4.69) is 32.2 Å². The molecule has 1 atom stereocenters. The first-order valence-corrected chi connectivity index (χ1v) is 12.3. The Bertz CT molecular complexity index is 459. The van der Waals surface area contributed by atoms with Gasteiger partial charge >= 0.3 is 5.97 Å². The predicted octanol–water partition coefficient (Wildman–Crippen LogP) is 5.15. The molecule has 0 aliphatic heterocycles. The fraction of sp³-hybridized carbons (Fsp3) is 0.650. The lowest BCUT2D eigenvalue weighted by atomic mass is 10.1. The van der Waals surface area contributed by atoms with Crippen molar-refractivity contribution < 1.29 is 14.0 Å². The summed E-state index contributed by atoms with van der Waals surface area (Å²) in [4.78, 5) is 11.4. The standard InChI is InChI=1S/C20H34O3Si/c1-5-6-7-8-9-10-14-17-20(22-18(2)21)23-24(3,4)19-15-12-11-13-16-19/h11-13,15-16,20H,5-10,14,17H2,1-4H3. The monoisotopic (exact) mass is 350 g/mol. The highest BCUT2D eigenvalue weighted by atomic mass is 28.4. The zero-order chi connectivity index (χ0) is 17.8. The van der Waals surface area contributed by atoms with E-state index in [0.717, 1.165) is 12.8 Å². The van der Waals surface area contributed by atoms with Crippen LogP contribution < -0.4 is 5.19 Å². The Morgan fingerprint density at radius 3 is 2.17 bits per heavy atom. The second-order valence-electron chi connectivity index (χ2n) is 6.94. The maximum absolute atomic E-state index is 11.4. The Morgan fingerprint density at radius 2 is 1.58 bits per heavy atom. The maximum atomic E-state index is 11.4. The summed E-state index contributed by atoms with van der Waals surface area (Å²) in [7, 11) is -2.07. The van der Waals surface area contributed by atoms with Gasteiger partial charge in [-0.05, 0) is 24.7 Å². The third-order valence-corrected chi connectivity index (χ3v) is 6.81. The minimum Gasteiger partial charge on any atom is -0.437 e. The molecule has 4 heteroatoms. The van der Waals surface area contributed by atoms with Gasteiger partial charge in [0.15, 0.2) is 6.29 Å². The Balaban J connectivity index is 2.45. The fourth-order valence-electron chi connectivity index (χ4n) is 2.83. The van der Waals surface area contributed by atoms with Gasteiger partial charge < -0.3 is 9.16 Å². The summed E-state index contributed by atoms with van der Waals surface area (Å²) in [6, 6.07) is 10.3. The van der Waals surface area contributed by atoms with Crippen LogP contribution in [0.1, 0.15) is 65.2 Å². The van der Waals surface area contributed by atoms with Crippen LogP contribution in [-0.4, -0.2) is 20.6 Å². The number of esters is 1. The van der Waals surface area contributed by atoms with Crippen molar-refractivity contribution in [3.8, 4) is 0 Å². The summed E-state index contributed by atoms with van der Waals surface area (Å²) in [5, 5.41) is 1.22. The molecule has 0 bridgehead atoms. The highest BCUT2D eigenvalue weighted by Crippen LogP contribution is 2.17. The van der Waals surface area contributed by atoms with E-state index in [9.17, 15) is 4.79 Å². The molecule has 0 saturated heterocycles. The topological polar surface area (TPSA) is 35.5 Å². The summed E-state index contributed by atoms with van der Waals surface area (Å²) < 4.78 is 11.7. The summed E-state index contributed by atoms with van der Waals surface area (Å²) in [6.07, 6.45) is 9.09. The summed E-state index contributed by atoms with van der Waals surface area (Å²) >= 11 is 0. The molecule has 0 aromatic heterocycles. The van der Waals surface area contributed by atoms with Crippen LogP contribution in [0.3, 0.4) is 0 Å². The third kappa shape index (κ3) is 8.64. The lowest BCUT2D eigenvalue weighted by molar-refractivity contribution is -0.162.